The molecule has 0 heterocycles. The summed E-state index contributed by atoms with van der Waals surface area (Å²) in [5.41, 5.74) is 21.3. The third kappa shape index (κ3) is 24.7. The van der Waals surface area contributed by atoms with E-state index in [1.165, 1.54) is 0 Å². The number of nitrogens with two attached hydrogens (primary N) is 4. The zero-order chi connectivity index (χ0) is 38.4. The van der Waals surface area contributed by atoms with Crippen molar-refractivity contribution in [1.82, 2.24) is 31.9 Å². The second-order valence-electron chi connectivity index (χ2n) is 12.3. The lowest BCUT2D eigenvalue weighted by Gasteiger charge is -2.19. The predicted molar refractivity (Wildman–Crippen MR) is 191 cm³/mol. The molecule has 0 aromatic carbocycles. The molecule has 0 saturated carbocycles. The number of carbonyl (C=O) groups is 8. The Morgan fingerprint density at radius 2 is 1.06 bits per heavy atom. The standard InChI is InChI=1S/C33H62N10O8/c1-2-24(42-32(50)22-41-33(51)23(17-25(44)18-34)9-3-6-15-39-29(47)19-35)10-4-7-14-38-28(46)13-12-27(45)26(43-31(49)21-37)11-5-8-16-40-30(48)20-36/h23-24,26H,2-22,34-37H2,1H3,(H,38,46)(H,39,47)(H,40,48)(H,41,51)(H,42,50)(H,43,49)/t23-,24+,26-/m0/s1. The third-order valence-corrected chi connectivity index (χ3v) is 8.08. The topological polar surface area (TPSA) is 313 Å². The van der Waals surface area contributed by atoms with Gasteiger partial charge in [-0.2, -0.15) is 0 Å². The molecule has 0 aromatic rings. The van der Waals surface area contributed by atoms with Crippen molar-refractivity contribution >= 4 is 47.0 Å². The number of hydrogen-bond donors (Lipinski definition) is 10. The molecule has 0 aliphatic carbocycles. The first-order valence-electron chi connectivity index (χ1n) is 17.9. The molecule has 0 spiro atoms. The molecule has 14 N–H and O–H groups in total. The molecule has 0 aliphatic heterocycles. The highest BCUT2D eigenvalue weighted by Gasteiger charge is 2.23. The van der Waals surface area contributed by atoms with Crippen molar-refractivity contribution in [2.45, 2.75) is 102 Å². The number of amides is 6. The van der Waals surface area contributed by atoms with E-state index < -0.39 is 23.8 Å². The molecule has 0 aliphatic rings. The average Bonchev–Trinajstić information content (AvgIpc) is 3.13. The summed E-state index contributed by atoms with van der Waals surface area (Å²) in [6, 6.07) is -0.914. The molecule has 6 amide bonds. The molecule has 0 fully saturated rings. The van der Waals surface area contributed by atoms with Gasteiger partial charge in [-0.05, 0) is 57.8 Å². The Bertz CT molecular complexity index is 1110. The number of unbranched alkanes of at least 4 members (excludes halogenated alkanes) is 3. The summed E-state index contributed by atoms with van der Waals surface area (Å²) < 4.78 is 0. The summed E-state index contributed by atoms with van der Waals surface area (Å²) in [4.78, 5) is 96.7. The van der Waals surface area contributed by atoms with Crippen molar-refractivity contribution in [3.05, 3.63) is 0 Å². The van der Waals surface area contributed by atoms with Crippen LogP contribution in [0, 0.1) is 5.92 Å². The molecule has 292 valence electrons. The van der Waals surface area contributed by atoms with Crippen LogP contribution in [-0.4, -0.2) is 111 Å². The fourth-order valence-electron chi connectivity index (χ4n) is 5.05. The van der Waals surface area contributed by atoms with E-state index in [0.717, 1.165) is 0 Å². The summed E-state index contributed by atoms with van der Waals surface area (Å²) in [6.45, 7) is 2.21. The highest BCUT2D eigenvalue weighted by molar-refractivity contribution is 5.92. The normalized spacial score (nSPS) is 12.5. The molecule has 0 aromatic heterocycles. The quantitative estimate of drug-likeness (QED) is 0.0322. The van der Waals surface area contributed by atoms with Crippen LogP contribution in [0.15, 0.2) is 0 Å². The molecule has 51 heavy (non-hydrogen) atoms. The summed E-state index contributed by atoms with van der Waals surface area (Å²) in [6.07, 6.45) is 5.63. The van der Waals surface area contributed by atoms with Crippen molar-refractivity contribution in [3.8, 4) is 0 Å². The van der Waals surface area contributed by atoms with Gasteiger partial charge >= 0.3 is 0 Å². The molecule has 18 heteroatoms. The molecule has 0 saturated heterocycles. The molecule has 0 bridgehead atoms. The van der Waals surface area contributed by atoms with Crippen LogP contribution in [0.5, 0.6) is 0 Å². The van der Waals surface area contributed by atoms with Gasteiger partial charge in [0.05, 0.1) is 38.8 Å². The van der Waals surface area contributed by atoms with Crippen LogP contribution >= 0.6 is 0 Å². The summed E-state index contributed by atoms with van der Waals surface area (Å²) >= 11 is 0. The number of ketones is 2. The molecule has 0 radical (unpaired) electrons. The first-order valence-corrected chi connectivity index (χ1v) is 17.9. The predicted octanol–water partition coefficient (Wildman–Crippen LogP) is -2.90. The molecule has 3 atom stereocenters. The van der Waals surface area contributed by atoms with Crippen molar-refractivity contribution in [2.75, 3.05) is 52.4 Å². The van der Waals surface area contributed by atoms with Gasteiger partial charge in [0.25, 0.3) is 0 Å². The van der Waals surface area contributed by atoms with Gasteiger partial charge < -0.3 is 54.8 Å². The summed E-state index contributed by atoms with van der Waals surface area (Å²) in [5.74, 6) is -3.26. The molecular formula is C33H62N10O8. The van der Waals surface area contributed by atoms with E-state index in [1.54, 1.807) is 0 Å². The van der Waals surface area contributed by atoms with E-state index in [0.29, 0.717) is 83.8 Å². The molecular weight excluding hydrogens is 664 g/mol. The van der Waals surface area contributed by atoms with Gasteiger partial charge in [0.2, 0.25) is 35.4 Å². The fourth-order valence-corrected chi connectivity index (χ4v) is 5.05. The maximum atomic E-state index is 12.8. The Morgan fingerprint density at radius 3 is 1.59 bits per heavy atom. The minimum absolute atomic E-state index is 0.0315. The third-order valence-electron chi connectivity index (χ3n) is 8.08. The Balaban J connectivity index is 4.51. The van der Waals surface area contributed by atoms with E-state index in [2.05, 4.69) is 31.9 Å². The zero-order valence-corrected chi connectivity index (χ0v) is 30.2. The lowest BCUT2D eigenvalue weighted by atomic mass is 9.95. The minimum Gasteiger partial charge on any atom is -0.356 e. The van der Waals surface area contributed by atoms with Crippen molar-refractivity contribution in [3.63, 3.8) is 0 Å². The number of rotatable bonds is 31. The van der Waals surface area contributed by atoms with E-state index in [9.17, 15) is 38.4 Å². The molecule has 0 unspecified atom stereocenters. The smallest absolute Gasteiger partial charge is 0.239 e. The largest absolute Gasteiger partial charge is 0.356 e. The highest BCUT2D eigenvalue weighted by atomic mass is 16.2. The van der Waals surface area contributed by atoms with Crippen LogP contribution < -0.4 is 54.8 Å². The van der Waals surface area contributed by atoms with Gasteiger partial charge in [-0.25, -0.2) is 0 Å². The lowest BCUT2D eigenvalue weighted by Crippen LogP contribution is -2.44. The van der Waals surface area contributed by atoms with Crippen LogP contribution in [-0.2, 0) is 38.4 Å². The lowest BCUT2D eigenvalue weighted by molar-refractivity contribution is -0.131. The second-order valence-corrected chi connectivity index (χ2v) is 12.3. The number of nitrogens with one attached hydrogen (secondary N) is 6. The van der Waals surface area contributed by atoms with E-state index in [-0.39, 0.29) is 93.2 Å². The molecule has 0 rings (SSSR count). The zero-order valence-electron chi connectivity index (χ0n) is 30.2. The molecule has 18 nitrogen and oxygen atoms in total. The maximum absolute atomic E-state index is 12.8. The van der Waals surface area contributed by atoms with Crippen molar-refractivity contribution < 1.29 is 38.4 Å². The minimum atomic E-state index is -0.774. The number of Topliss-reactive ketones (excluding diaryl/α,β-unsaturated/α-hetero) is 2. The number of carbonyl (C=O) groups excluding carboxylic acids is 8. The van der Waals surface area contributed by atoms with Crippen LogP contribution in [0.1, 0.15) is 90.4 Å². The van der Waals surface area contributed by atoms with Gasteiger partial charge in [0, 0.05) is 50.9 Å². The SMILES string of the molecule is CC[C@H](CCCCNC(=O)CCC(=O)[C@H](CCCCNC(=O)CN)NC(=O)CN)NC(=O)CNC(=O)[C@@H](CCCCNC(=O)CN)CC(=O)CN. The average molecular weight is 727 g/mol. The van der Waals surface area contributed by atoms with E-state index in [1.807, 2.05) is 6.92 Å². The van der Waals surface area contributed by atoms with E-state index in [4.69, 9.17) is 22.9 Å². The highest BCUT2D eigenvalue weighted by Crippen LogP contribution is 2.14. The number of hydrogen-bond acceptors (Lipinski definition) is 12. The Morgan fingerprint density at radius 1 is 0.529 bits per heavy atom. The summed E-state index contributed by atoms with van der Waals surface area (Å²) in [7, 11) is 0. The van der Waals surface area contributed by atoms with Crippen LogP contribution in [0.25, 0.3) is 0 Å². The monoisotopic (exact) mass is 726 g/mol. The van der Waals surface area contributed by atoms with Gasteiger partial charge in [-0.1, -0.05) is 13.3 Å². The van der Waals surface area contributed by atoms with Crippen LogP contribution in [0.3, 0.4) is 0 Å². The maximum Gasteiger partial charge on any atom is 0.239 e. The first-order chi connectivity index (χ1) is 24.4. The first kappa shape index (κ1) is 47.0. The summed E-state index contributed by atoms with van der Waals surface area (Å²) in [5, 5.41) is 16.2. The Labute approximate surface area is 300 Å². The van der Waals surface area contributed by atoms with E-state index >= 15 is 0 Å². The van der Waals surface area contributed by atoms with Gasteiger partial charge in [0.15, 0.2) is 5.78 Å². The van der Waals surface area contributed by atoms with Crippen molar-refractivity contribution in [2.24, 2.45) is 28.9 Å². The Hall–Kier alpha value is -4.00. The Kier molecular flexibility index (Phi) is 27.4. The van der Waals surface area contributed by atoms with Gasteiger partial charge in [-0.15, -0.1) is 0 Å². The van der Waals surface area contributed by atoms with Crippen LogP contribution in [0.2, 0.25) is 0 Å². The van der Waals surface area contributed by atoms with Gasteiger partial charge in [-0.3, -0.25) is 38.4 Å². The van der Waals surface area contributed by atoms with Crippen molar-refractivity contribution in [1.29, 1.82) is 0 Å². The fraction of sp³-hybridized carbons (Fsp3) is 0.758. The van der Waals surface area contributed by atoms with Gasteiger partial charge in [0.1, 0.15) is 5.78 Å². The second kappa shape index (κ2) is 29.7. The van der Waals surface area contributed by atoms with Crippen LogP contribution in [0.4, 0.5) is 0 Å².